The largest absolute Gasteiger partial charge is 0.454 e. The predicted molar refractivity (Wildman–Crippen MR) is 154 cm³/mol. The molecule has 3 aromatic rings. The van der Waals surface area contributed by atoms with Crippen molar-refractivity contribution in [2.45, 2.75) is 42.5 Å². The van der Waals surface area contributed by atoms with Gasteiger partial charge in [-0.2, -0.15) is 4.31 Å². The van der Waals surface area contributed by atoms with Crippen LogP contribution in [0.1, 0.15) is 62.4 Å². The summed E-state index contributed by atoms with van der Waals surface area (Å²) in [5.41, 5.74) is 6.24. The number of anilines is 1. The fraction of sp³-hybridized carbons (Fsp3) is 0.400. The van der Waals surface area contributed by atoms with Crippen LogP contribution in [-0.2, 0) is 21.3 Å². The Morgan fingerprint density at radius 3 is 2.55 bits per heavy atom. The summed E-state index contributed by atoms with van der Waals surface area (Å²) in [7, 11) is -1.96. The molecule has 12 heteroatoms. The number of hydrogen-bond acceptors (Lipinski definition) is 8. The number of hydrogen-bond donors (Lipinski definition) is 4. The number of nitrogens with zero attached hydrogens (tertiary/aromatic N) is 2. The molecule has 5 N–H and O–H groups in total. The molecule has 2 fully saturated rings. The van der Waals surface area contributed by atoms with Gasteiger partial charge in [-0.15, -0.1) is 0 Å². The number of Topliss-reactive ketones (excluding diaryl/α,β-unsaturated/α-hetero) is 1. The number of carbonyl (C=O) groups is 2. The second-order valence-electron chi connectivity index (χ2n) is 12.0. The lowest BCUT2D eigenvalue weighted by atomic mass is 9.82. The van der Waals surface area contributed by atoms with Crippen LogP contribution in [0.4, 0.5) is 5.69 Å². The zero-order valence-corrected chi connectivity index (χ0v) is 24.4. The number of ketones is 1. The van der Waals surface area contributed by atoms with Crippen molar-refractivity contribution in [3.63, 3.8) is 0 Å². The van der Waals surface area contributed by atoms with Crippen LogP contribution in [0.25, 0.3) is 0 Å². The van der Waals surface area contributed by atoms with Gasteiger partial charge in [-0.05, 0) is 61.6 Å². The summed E-state index contributed by atoms with van der Waals surface area (Å²) in [4.78, 5) is 33.1. The molecule has 1 saturated carbocycles. The maximum atomic E-state index is 14.3. The number of H-pyrrole nitrogens is 1. The van der Waals surface area contributed by atoms with Crippen molar-refractivity contribution in [2.75, 3.05) is 39.0 Å². The van der Waals surface area contributed by atoms with Crippen molar-refractivity contribution < 1.29 is 27.9 Å². The summed E-state index contributed by atoms with van der Waals surface area (Å²) in [6, 6.07) is 11.6. The normalized spacial score (nSPS) is 28.6. The lowest BCUT2D eigenvalue weighted by molar-refractivity contribution is -0.169. The summed E-state index contributed by atoms with van der Waals surface area (Å²) in [6.45, 7) is 5.63. The Morgan fingerprint density at radius 1 is 1.14 bits per heavy atom. The van der Waals surface area contributed by atoms with E-state index in [-0.39, 0.29) is 27.5 Å². The quantitative estimate of drug-likeness (QED) is 0.328. The van der Waals surface area contributed by atoms with E-state index in [1.54, 1.807) is 31.2 Å². The van der Waals surface area contributed by atoms with Crippen molar-refractivity contribution in [2.24, 2.45) is 5.92 Å². The molecule has 7 rings (SSSR count). The van der Waals surface area contributed by atoms with Crippen molar-refractivity contribution in [1.29, 1.82) is 0 Å². The molecule has 3 unspecified atom stereocenters. The highest BCUT2D eigenvalue weighted by molar-refractivity contribution is 7.89. The number of aliphatic hydroxyl groups is 1. The molecule has 2 aliphatic heterocycles. The summed E-state index contributed by atoms with van der Waals surface area (Å²) in [5.74, 6) is -2.45. The number of piperazine rings is 1. The standard InChI is InChI=1S/C30H33N5O6S/c1-16-13-19(16)18-7-8-20-23(15-18)41-30(38)21-5-4-6-22(31)25(21)27(36)29(20,30)33-28(37)26-17(2)14-24(32-26)42(39,40)35-11-9-34(3)10-12-35/h4-8,14-16,19,32,38H,9-13,31H2,1-3H3,(H,33,37)/t16-,19?,29?,30?/m1/s1. The lowest BCUT2D eigenvalue weighted by Crippen LogP contribution is -2.60. The number of ether oxygens (including phenoxy) is 1. The van der Waals surface area contributed by atoms with Crippen LogP contribution >= 0.6 is 0 Å². The number of amides is 1. The Balaban J connectivity index is 1.30. The van der Waals surface area contributed by atoms with Gasteiger partial charge in [-0.1, -0.05) is 31.2 Å². The number of benzene rings is 2. The molecular formula is C30H33N5O6S. The molecule has 220 valence electrons. The number of fused-ring (bicyclic) bond motifs is 5. The summed E-state index contributed by atoms with van der Waals surface area (Å²) in [5, 5.41) is 14.9. The van der Waals surface area contributed by atoms with E-state index in [1.807, 2.05) is 24.1 Å². The molecular weight excluding hydrogens is 558 g/mol. The molecule has 42 heavy (non-hydrogen) atoms. The molecule has 4 aliphatic rings. The Morgan fingerprint density at radius 2 is 1.86 bits per heavy atom. The van der Waals surface area contributed by atoms with E-state index in [2.05, 4.69) is 17.2 Å². The van der Waals surface area contributed by atoms with E-state index in [9.17, 15) is 23.1 Å². The van der Waals surface area contributed by atoms with E-state index in [0.29, 0.717) is 54.9 Å². The average molecular weight is 592 g/mol. The van der Waals surface area contributed by atoms with Gasteiger partial charge < -0.3 is 30.8 Å². The molecule has 4 atom stereocenters. The zero-order valence-electron chi connectivity index (χ0n) is 23.6. The number of nitrogens with two attached hydrogens (primary N) is 1. The Kier molecular flexibility index (Phi) is 5.75. The molecule has 1 aromatic heterocycles. The molecule has 0 spiro atoms. The Labute approximate surface area is 243 Å². The Hall–Kier alpha value is -3.71. The molecule has 2 aliphatic carbocycles. The SMILES string of the molecule is Cc1cc(S(=O)(=O)N2CCN(C)CC2)[nH]c1C(=O)NC12C(=O)c3c(N)cccc3C1(O)Oc1cc(C3C[C@H]3C)ccc12. The highest BCUT2D eigenvalue weighted by atomic mass is 32.2. The van der Waals surface area contributed by atoms with Crippen LogP contribution in [0.3, 0.4) is 0 Å². The van der Waals surface area contributed by atoms with Crippen molar-refractivity contribution in [3.05, 3.63) is 76.0 Å². The second kappa shape index (κ2) is 8.90. The van der Waals surface area contributed by atoms with Crippen molar-refractivity contribution in [3.8, 4) is 5.75 Å². The van der Waals surface area contributed by atoms with Crippen molar-refractivity contribution >= 4 is 27.4 Å². The van der Waals surface area contributed by atoms with E-state index < -0.39 is 33.0 Å². The molecule has 0 radical (unpaired) electrons. The highest BCUT2D eigenvalue weighted by Gasteiger charge is 2.72. The highest BCUT2D eigenvalue weighted by Crippen LogP contribution is 2.60. The van der Waals surface area contributed by atoms with Gasteiger partial charge in [0.2, 0.25) is 11.3 Å². The summed E-state index contributed by atoms with van der Waals surface area (Å²) in [6.07, 6.45) is 1.04. The smallest absolute Gasteiger partial charge is 0.271 e. The number of aromatic amines is 1. The van der Waals surface area contributed by atoms with Gasteiger partial charge >= 0.3 is 0 Å². The number of nitrogen functional groups attached to an aromatic ring is 1. The van der Waals surface area contributed by atoms with Gasteiger partial charge in [-0.3, -0.25) is 9.59 Å². The van der Waals surface area contributed by atoms with Gasteiger partial charge in [0.1, 0.15) is 16.5 Å². The van der Waals surface area contributed by atoms with Gasteiger partial charge in [0, 0.05) is 43.0 Å². The van der Waals surface area contributed by atoms with Crippen LogP contribution < -0.4 is 15.8 Å². The third-order valence-electron chi connectivity index (χ3n) is 9.34. The number of aryl methyl sites for hydroxylation is 1. The first-order chi connectivity index (χ1) is 19.9. The zero-order chi connectivity index (χ0) is 29.8. The topological polar surface area (TPSA) is 158 Å². The minimum Gasteiger partial charge on any atom is -0.454 e. The fourth-order valence-electron chi connectivity index (χ4n) is 6.71. The number of aromatic nitrogens is 1. The Bertz CT molecular complexity index is 1780. The van der Waals surface area contributed by atoms with Gasteiger partial charge in [0.15, 0.2) is 0 Å². The first-order valence-electron chi connectivity index (χ1n) is 14.1. The number of sulfonamides is 1. The molecule has 1 saturated heterocycles. The monoisotopic (exact) mass is 591 g/mol. The summed E-state index contributed by atoms with van der Waals surface area (Å²) >= 11 is 0. The first-order valence-corrected chi connectivity index (χ1v) is 15.5. The van der Waals surface area contributed by atoms with Crippen LogP contribution in [-0.4, -0.2) is 72.6 Å². The third kappa shape index (κ3) is 3.58. The lowest BCUT2D eigenvalue weighted by Gasteiger charge is -2.34. The van der Waals surface area contributed by atoms with Crippen LogP contribution in [0.5, 0.6) is 5.75 Å². The first kappa shape index (κ1) is 27.1. The van der Waals surface area contributed by atoms with E-state index in [1.165, 1.54) is 10.4 Å². The predicted octanol–water partition coefficient (Wildman–Crippen LogP) is 2.02. The van der Waals surface area contributed by atoms with E-state index in [4.69, 9.17) is 10.5 Å². The van der Waals surface area contributed by atoms with Gasteiger partial charge in [0.05, 0.1) is 5.56 Å². The van der Waals surface area contributed by atoms with Gasteiger partial charge in [0.25, 0.3) is 21.7 Å². The maximum Gasteiger partial charge on any atom is 0.271 e. The number of carbonyl (C=O) groups excluding carboxylic acids is 2. The van der Waals surface area contributed by atoms with Crippen LogP contribution in [0.15, 0.2) is 47.5 Å². The second-order valence-corrected chi connectivity index (χ2v) is 13.9. The number of rotatable bonds is 5. The minimum atomic E-state index is -3.89. The van der Waals surface area contributed by atoms with Crippen molar-refractivity contribution in [1.82, 2.24) is 19.5 Å². The molecule has 1 amide bonds. The van der Waals surface area contributed by atoms with E-state index in [0.717, 1.165) is 12.0 Å². The molecule has 2 aromatic carbocycles. The summed E-state index contributed by atoms with van der Waals surface area (Å²) < 4.78 is 34.4. The minimum absolute atomic E-state index is 0.0342. The van der Waals surface area contributed by atoms with Crippen LogP contribution in [0.2, 0.25) is 0 Å². The van der Waals surface area contributed by atoms with Gasteiger partial charge in [-0.25, -0.2) is 8.42 Å². The number of likely N-dealkylation sites (N-methyl/N-ethyl adjacent to an activating group) is 1. The molecule has 3 heterocycles. The molecule has 0 bridgehead atoms. The molecule has 11 nitrogen and oxygen atoms in total. The number of nitrogens with one attached hydrogen (secondary N) is 2. The maximum absolute atomic E-state index is 14.3. The van der Waals surface area contributed by atoms with Crippen LogP contribution in [0, 0.1) is 12.8 Å². The van der Waals surface area contributed by atoms with E-state index >= 15 is 0 Å². The fourth-order valence-corrected chi connectivity index (χ4v) is 8.18. The third-order valence-corrected chi connectivity index (χ3v) is 11.2. The average Bonchev–Trinajstić information content (AvgIpc) is 3.38.